The van der Waals surface area contributed by atoms with Crippen molar-refractivity contribution in [3.05, 3.63) is 35.9 Å². The fourth-order valence-electron chi connectivity index (χ4n) is 3.49. The van der Waals surface area contributed by atoms with E-state index >= 15 is 0 Å². The highest BCUT2D eigenvalue weighted by Gasteiger charge is 2.32. The summed E-state index contributed by atoms with van der Waals surface area (Å²) < 4.78 is 0. The van der Waals surface area contributed by atoms with E-state index in [4.69, 9.17) is 5.73 Å². The number of amides is 2. The van der Waals surface area contributed by atoms with Crippen LogP contribution in [0, 0.1) is 5.92 Å². The fraction of sp³-hybridized carbons (Fsp3) is 0.579. The maximum Gasteiger partial charge on any atom is 0.278 e. The first-order valence-electron chi connectivity index (χ1n) is 8.99. The molecule has 0 spiro atoms. The normalized spacial score (nSPS) is 23.2. The Balaban J connectivity index is 1.82. The van der Waals surface area contributed by atoms with E-state index in [2.05, 4.69) is 24.4 Å². The summed E-state index contributed by atoms with van der Waals surface area (Å²) in [5, 5.41) is 3.11. The van der Waals surface area contributed by atoms with Crippen LogP contribution in [0.4, 0.5) is 0 Å². The molecule has 1 aromatic carbocycles. The summed E-state index contributed by atoms with van der Waals surface area (Å²) in [6.07, 6.45) is 2.56. The summed E-state index contributed by atoms with van der Waals surface area (Å²) in [5.41, 5.74) is 6.64. The molecule has 0 aliphatic carbocycles. The van der Waals surface area contributed by atoms with Gasteiger partial charge in [-0.1, -0.05) is 37.3 Å². The maximum absolute atomic E-state index is 12.5. The van der Waals surface area contributed by atoms with Crippen LogP contribution in [0.2, 0.25) is 0 Å². The molecule has 1 fully saturated rings. The number of benzene rings is 1. The third-order valence-corrected chi connectivity index (χ3v) is 5.32. The quantitative estimate of drug-likeness (QED) is 0.679. The number of carbonyl (C=O) groups is 2. The topological polar surface area (TPSA) is 76.6 Å². The second-order valence-corrected chi connectivity index (χ2v) is 6.82. The minimum atomic E-state index is -0.209. The van der Waals surface area contributed by atoms with Crippen molar-refractivity contribution in [3.63, 3.8) is 0 Å². The summed E-state index contributed by atoms with van der Waals surface area (Å²) in [5.74, 6) is 0.209. The number of nitrogens with one attached hydrogen (secondary N) is 2. The van der Waals surface area contributed by atoms with E-state index in [-0.39, 0.29) is 23.8 Å². The van der Waals surface area contributed by atoms with Crippen LogP contribution < -0.4 is 16.0 Å². The van der Waals surface area contributed by atoms with Gasteiger partial charge in [-0.3, -0.25) is 9.59 Å². The zero-order valence-corrected chi connectivity index (χ0v) is 14.8. The van der Waals surface area contributed by atoms with E-state index in [1.54, 1.807) is 0 Å². The molecule has 5 heteroatoms. The molecular formula is C19H30N3O2+. The van der Waals surface area contributed by atoms with Gasteiger partial charge in [-0.05, 0) is 18.9 Å². The molecule has 2 amide bonds. The zero-order valence-electron chi connectivity index (χ0n) is 14.8. The summed E-state index contributed by atoms with van der Waals surface area (Å²) in [4.78, 5) is 25.0. The minimum absolute atomic E-state index is 0.0217. The SMILES string of the molecule is CC[C@@H](CNC(=O)[C@@H](C)[NH+]1CCC(C(N)=O)CC1)c1ccccc1. The Morgan fingerprint density at radius 3 is 2.42 bits per heavy atom. The Bertz CT molecular complexity index is 539. The first-order chi connectivity index (χ1) is 11.5. The predicted octanol–water partition coefficient (Wildman–Crippen LogP) is 0.465. The monoisotopic (exact) mass is 332 g/mol. The molecule has 1 aliphatic heterocycles. The van der Waals surface area contributed by atoms with Crippen LogP contribution >= 0.6 is 0 Å². The molecule has 5 nitrogen and oxygen atoms in total. The van der Waals surface area contributed by atoms with Crippen LogP contribution in [0.25, 0.3) is 0 Å². The molecule has 0 aromatic heterocycles. The standard InChI is InChI=1S/C19H29N3O2/c1-3-15(16-7-5-4-6-8-16)13-21-19(24)14(2)22-11-9-17(10-12-22)18(20)23/h4-8,14-15,17H,3,9-13H2,1-2H3,(H2,20,23)(H,21,24)/p+1/t14-,15+/m1/s1. The number of hydrogen-bond donors (Lipinski definition) is 3. The predicted molar refractivity (Wildman–Crippen MR) is 94.6 cm³/mol. The van der Waals surface area contributed by atoms with Gasteiger partial charge in [0.25, 0.3) is 5.91 Å². The van der Waals surface area contributed by atoms with Crippen LogP contribution in [-0.2, 0) is 9.59 Å². The van der Waals surface area contributed by atoms with Gasteiger partial charge in [0.1, 0.15) is 0 Å². The van der Waals surface area contributed by atoms with Crippen LogP contribution in [0.1, 0.15) is 44.6 Å². The first kappa shape index (κ1) is 18.5. The van der Waals surface area contributed by atoms with Gasteiger partial charge in [0.15, 0.2) is 6.04 Å². The van der Waals surface area contributed by atoms with Gasteiger partial charge in [0, 0.05) is 31.2 Å². The maximum atomic E-state index is 12.5. The molecule has 1 aliphatic rings. The lowest BCUT2D eigenvalue weighted by atomic mass is 9.95. The Morgan fingerprint density at radius 1 is 1.25 bits per heavy atom. The van der Waals surface area contributed by atoms with Crippen molar-refractivity contribution in [1.82, 2.24) is 5.32 Å². The Labute approximate surface area is 144 Å². The summed E-state index contributed by atoms with van der Waals surface area (Å²) in [6.45, 7) is 6.45. The van der Waals surface area contributed by atoms with E-state index in [1.807, 2.05) is 25.1 Å². The van der Waals surface area contributed by atoms with Gasteiger partial charge < -0.3 is 16.0 Å². The minimum Gasteiger partial charge on any atom is -0.369 e. The van der Waals surface area contributed by atoms with E-state index in [0.29, 0.717) is 12.5 Å². The van der Waals surface area contributed by atoms with Crippen LogP contribution in [0.15, 0.2) is 30.3 Å². The smallest absolute Gasteiger partial charge is 0.278 e. The highest BCUT2D eigenvalue weighted by atomic mass is 16.2. The molecule has 24 heavy (non-hydrogen) atoms. The summed E-state index contributed by atoms with van der Waals surface area (Å²) in [7, 11) is 0. The summed E-state index contributed by atoms with van der Waals surface area (Å²) >= 11 is 0. The van der Waals surface area contributed by atoms with Crippen molar-refractivity contribution in [2.75, 3.05) is 19.6 Å². The van der Waals surface area contributed by atoms with Gasteiger partial charge in [0.05, 0.1) is 13.1 Å². The van der Waals surface area contributed by atoms with E-state index in [9.17, 15) is 9.59 Å². The molecule has 0 saturated carbocycles. The van der Waals surface area contributed by atoms with Crippen molar-refractivity contribution in [1.29, 1.82) is 0 Å². The number of piperidine rings is 1. The molecule has 1 heterocycles. The Morgan fingerprint density at radius 2 is 1.88 bits per heavy atom. The van der Waals surface area contributed by atoms with Gasteiger partial charge >= 0.3 is 0 Å². The summed E-state index contributed by atoms with van der Waals surface area (Å²) in [6, 6.07) is 10.2. The van der Waals surface area contributed by atoms with E-state index in [1.165, 1.54) is 10.5 Å². The molecule has 1 saturated heterocycles. The number of quaternary nitrogens is 1. The number of likely N-dealkylation sites (tertiary alicyclic amines) is 1. The zero-order chi connectivity index (χ0) is 17.5. The molecule has 2 atom stereocenters. The van der Waals surface area contributed by atoms with E-state index < -0.39 is 0 Å². The van der Waals surface area contributed by atoms with Crippen molar-refractivity contribution in [2.24, 2.45) is 11.7 Å². The third-order valence-electron chi connectivity index (χ3n) is 5.32. The van der Waals surface area contributed by atoms with Crippen LogP contribution in [0.3, 0.4) is 0 Å². The Hall–Kier alpha value is -1.88. The molecule has 4 N–H and O–H groups in total. The van der Waals surface area contributed by atoms with Gasteiger partial charge in [-0.2, -0.15) is 0 Å². The second-order valence-electron chi connectivity index (χ2n) is 6.82. The van der Waals surface area contributed by atoms with Crippen molar-refractivity contribution in [2.45, 2.75) is 45.1 Å². The third kappa shape index (κ3) is 4.81. The molecule has 1 aromatic rings. The largest absolute Gasteiger partial charge is 0.369 e. The van der Waals surface area contributed by atoms with E-state index in [0.717, 1.165) is 32.4 Å². The lowest BCUT2D eigenvalue weighted by Crippen LogP contribution is -3.17. The number of nitrogens with two attached hydrogens (primary N) is 1. The molecule has 2 rings (SSSR count). The highest BCUT2D eigenvalue weighted by molar-refractivity contribution is 5.80. The average molecular weight is 332 g/mol. The van der Waals surface area contributed by atoms with Crippen molar-refractivity contribution >= 4 is 11.8 Å². The first-order valence-corrected chi connectivity index (χ1v) is 8.99. The number of rotatable bonds is 7. The lowest BCUT2D eigenvalue weighted by Gasteiger charge is -2.31. The fourth-order valence-corrected chi connectivity index (χ4v) is 3.49. The number of primary amides is 1. The van der Waals surface area contributed by atoms with Crippen molar-refractivity contribution in [3.8, 4) is 0 Å². The van der Waals surface area contributed by atoms with Gasteiger partial charge in [-0.25, -0.2) is 0 Å². The second kappa shape index (κ2) is 8.83. The number of hydrogen-bond acceptors (Lipinski definition) is 2. The van der Waals surface area contributed by atoms with Gasteiger partial charge in [-0.15, -0.1) is 0 Å². The number of carbonyl (C=O) groups excluding carboxylic acids is 2. The molecular weight excluding hydrogens is 302 g/mol. The average Bonchev–Trinajstić information content (AvgIpc) is 2.62. The van der Waals surface area contributed by atoms with Crippen molar-refractivity contribution < 1.29 is 14.5 Å². The van der Waals surface area contributed by atoms with Gasteiger partial charge in [0.2, 0.25) is 5.91 Å². The lowest BCUT2D eigenvalue weighted by molar-refractivity contribution is -0.919. The molecule has 0 unspecified atom stereocenters. The molecule has 132 valence electrons. The molecule has 0 bridgehead atoms. The van der Waals surface area contributed by atoms with Crippen LogP contribution in [0.5, 0.6) is 0 Å². The molecule has 0 radical (unpaired) electrons. The highest BCUT2D eigenvalue weighted by Crippen LogP contribution is 2.17. The Kier molecular flexibility index (Phi) is 6.79. The van der Waals surface area contributed by atoms with Crippen LogP contribution in [-0.4, -0.2) is 37.5 Å².